The van der Waals surface area contributed by atoms with Gasteiger partial charge >= 0.3 is 12.1 Å². The Balaban J connectivity index is 1.43. The van der Waals surface area contributed by atoms with Gasteiger partial charge in [0.1, 0.15) is 6.61 Å². The molecule has 0 spiro atoms. The summed E-state index contributed by atoms with van der Waals surface area (Å²) in [6, 6.07) is 9.50. The predicted molar refractivity (Wildman–Crippen MR) is 82.5 cm³/mol. The van der Waals surface area contributed by atoms with E-state index in [0.717, 1.165) is 12.0 Å². The van der Waals surface area contributed by atoms with Gasteiger partial charge in [0, 0.05) is 0 Å². The van der Waals surface area contributed by atoms with E-state index in [-0.39, 0.29) is 12.5 Å². The maximum atomic E-state index is 12.2. The number of benzene rings is 1. The number of hydrogen-bond acceptors (Lipinski definition) is 3. The number of rotatable bonds is 4. The average molecular weight is 313 g/mol. The van der Waals surface area contributed by atoms with Crippen LogP contribution in [0.2, 0.25) is 0 Å². The van der Waals surface area contributed by atoms with Crippen molar-refractivity contribution in [1.29, 1.82) is 0 Å². The molecule has 2 saturated carbocycles. The Morgan fingerprint density at radius 3 is 2.83 bits per heavy atom. The number of carbonyl (C=O) groups is 2. The molecule has 0 aliphatic heterocycles. The van der Waals surface area contributed by atoms with Gasteiger partial charge in [-0.15, -0.1) is 0 Å². The van der Waals surface area contributed by atoms with Crippen molar-refractivity contribution in [2.75, 3.05) is 0 Å². The molecule has 0 heterocycles. The highest BCUT2D eigenvalue weighted by atomic mass is 16.5. The number of hydrogen-bond donors (Lipinski definition) is 2. The van der Waals surface area contributed by atoms with Crippen LogP contribution in [0, 0.1) is 23.7 Å². The van der Waals surface area contributed by atoms with Crippen LogP contribution in [0.25, 0.3) is 0 Å². The van der Waals surface area contributed by atoms with Gasteiger partial charge in [0.15, 0.2) is 0 Å². The van der Waals surface area contributed by atoms with Gasteiger partial charge in [-0.2, -0.15) is 0 Å². The quantitative estimate of drug-likeness (QED) is 0.838. The van der Waals surface area contributed by atoms with Gasteiger partial charge in [0.2, 0.25) is 0 Å². The highest BCUT2D eigenvalue weighted by Gasteiger charge is 2.64. The van der Waals surface area contributed by atoms with Crippen molar-refractivity contribution in [3.63, 3.8) is 0 Å². The molecular formula is C18H19NO4. The maximum absolute atomic E-state index is 12.2. The summed E-state index contributed by atoms with van der Waals surface area (Å²) in [6.45, 7) is 0.214. The zero-order chi connectivity index (χ0) is 16.0. The summed E-state index contributed by atoms with van der Waals surface area (Å²) in [7, 11) is 0. The molecule has 2 fully saturated rings. The third-order valence-electron chi connectivity index (χ3n) is 5.50. The number of fused-ring (bicyclic) bond motifs is 1. The molecule has 5 nitrogen and oxygen atoms in total. The number of nitrogens with one attached hydrogen (secondary N) is 1. The van der Waals surface area contributed by atoms with Gasteiger partial charge in [0.05, 0.1) is 11.5 Å². The molecule has 4 aliphatic rings. The third-order valence-corrected chi connectivity index (χ3v) is 5.50. The van der Waals surface area contributed by atoms with Crippen molar-refractivity contribution in [1.82, 2.24) is 5.32 Å². The van der Waals surface area contributed by atoms with Crippen molar-refractivity contribution in [3.05, 3.63) is 48.0 Å². The molecule has 0 aromatic heterocycles. The largest absolute Gasteiger partial charge is 0.481 e. The lowest BCUT2D eigenvalue weighted by Gasteiger charge is -2.44. The number of amides is 1. The van der Waals surface area contributed by atoms with E-state index in [2.05, 4.69) is 5.32 Å². The SMILES string of the molecule is O=C(NC12C=CC(C(C(=O)O)C1)C1CC12)OCc1ccccc1. The number of carboxylic acids is 1. The lowest BCUT2D eigenvalue weighted by atomic mass is 9.65. The standard InChI is InChI=1S/C18H19NO4/c20-16(21)14-9-18(7-6-12(14)13-8-15(13)18)19-17(22)23-10-11-4-2-1-3-5-11/h1-7,12-15H,8-10H2,(H,19,22)(H,20,21). The first kappa shape index (κ1) is 14.3. The Kier molecular flexibility index (Phi) is 3.18. The van der Waals surface area contributed by atoms with Gasteiger partial charge < -0.3 is 15.2 Å². The van der Waals surface area contributed by atoms with Crippen molar-refractivity contribution < 1.29 is 19.4 Å². The fraction of sp³-hybridized carbons (Fsp3) is 0.444. The van der Waals surface area contributed by atoms with Gasteiger partial charge in [-0.3, -0.25) is 4.79 Å². The van der Waals surface area contributed by atoms with E-state index < -0.39 is 23.5 Å². The Labute approximate surface area is 134 Å². The van der Waals surface area contributed by atoms with Crippen LogP contribution in [0.4, 0.5) is 4.79 Å². The first-order valence-electron chi connectivity index (χ1n) is 8.00. The highest BCUT2D eigenvalue weighted by Crippen LogP contribution is 2.63. The number of carbonyl (C=O) groups excluding carboxylic acids is 1. The zero-order valence-corrected chi connectivity index (χ0v) is 12.6. The van der Waals surface area contributed by atoms with Crippen LogP contribution in [0.3, 0.4) is 0 Å². The summed E-state index contributed by atoms with van der Waals surface area (Å²) >= 11 is 0. The molecule has 5 atom stereocenters. The van der Waals surface area contributed by atoms with Crippen molar-refractivity contribution >= 4 is 12.1 Å². The molecule has 4 aliphatic carbocycles. The minimum absolute atomic E-state index is 0.126. The van der Waals surface area contributed by atoms with Gasteiger partial charge in [0.25, 0.3) is 0 Å². The predicted octanol–water partition coefficient (Wildman–Crippen LogP) is 2.58. The molecule has 5 unspecified atom stereocenters. The molecule has 5 rings (SSSR count). The lowest BCUT2D eigenvalue weighted by Crippen LogP contribution is -2.57. The molecule has 0 saturated heterocycles. The minimum Gasteiger partial charge on any atom is -0.481 e. The number of allylic oxidation sites excluding steroid dienone is 1. The summed E-state index contributed by atoms with van der Waals surface area (Å²) in [6.07, 6.45) is 4.95. The molecule has 23 heavy (non-hydrogen) atoms. The fourth-order valence-corrected chi connectivity index (χ4v) is 4.32. The Morgan fingerprint density at radius 1 is 1.30 bits per heavy atom. The molecule has 2 N–H and O–H groups in total. The second kappa shape index (κ2) is 5.11. The summed E-state index contributed by atoms with van der Waals surface area (Å²) in [4.78, 5) is 23.7. The smallest absolute Gasteiger partial charge is 0.408 e. The normalized spacial score (nSPS) is 36.2. The van der Waals surface area contributed by atoms with Crippen LogP contribution in [0.5, 0.6) is 0 Å². The first-order valence-corrected chi connectivity index (χ1v) is 8.00. The van der Waals surface area contributed by atoms with E-state index in [0.29, 0.717) is 18.3 Å². The highest BCUT2D eigenvalue weighted by molar-refractivity contribution is 5.74. The Hall–Kier alpha value is -2.30. The minimum atomic E-state index is -0.770. The maximum Gasteiger partial charge on any atom is 0.408 e. The van der Waals surface area contributed by atoms with E-state index >= 15 is 0 Å². The number of aliphatic carboxylic acids is 1. The van der Waals surface area contributed by atoms with Crippen molar-refractivity contribution in [3.8, 4) is 0 Å². The molecule has 1 aromatic rings. The van der Waals surface area contributed by atoms with Crippen LogP contribution in [-0.4, -0.2) is 22.7 Å². The second-order valence-corrected chi connectivity index (χ2v) is 6.82. The Morgan fingerprint density at radius 2 is 2.09 bits per heavy atom. The van der Waals surface area contributed by atoms with Crippen LogP contribution < -0.4 is 5.32 Å². The van der Waals surface area contributed by atoms with Gasteiger partial charge in [-0.25, -0.2) is 4.79 Å². The number of ether oxygens (including phenoxy) is 1. The van der Waals surface area contributed by atoms with Crippen LogP contribution >= 0.6 is 0 Å². The van der Waals surface area contributed by atoms with Crippen LogP contribution in [0.1, 0.15) is 18.4 Å². The Bertz CT molecular complexity index is 671. The molecule has 5 heteroatoms. The molecule has 1 aromatic carbocycles. The fourth-order valence-electron chi connectivity index (χ4n) is 4.32. The number of alkyl carbamates (subject to hydrolysis) is 1. The summed E-state index contributed by atoms with van der Waals surface area (Å²) in [5.41, 5.74) is 0.381. The van der Waals surface area contributed by atoms with Crippen LogP contribution in [-0.2, 0) is 16.1 Å². The molecule has 0 radical (unpaired) electrons. The summed E-state index contributed by atoms with van der Waals surface area (Å²) < 4.78 is 5.31. The van der Waals surface area contributed by atoms with E-state index in [9.17, 15) is 14.7 Å². The molecular weight excluding hydrogens is 294 g/mol. The zero-order valence-electron chi connectivity index (χ0n) is 12.6. The van der Waals surface area contributed by atoms with Crippen molar-refractivity contribution in [2.24, 2.45) is 23.7 Å². The first-order chi connectivity index (χ1) is 11.1. The van der Waals surface area contributed by atoms with Gasteiger partial charge in [-0.05, 0) is 36.2 Å². The average Bonchev–Trinajstić information content (AvgIpc) is 3.36. The molecule has 1 amide bonds. The lowest BCUT2D eigenvalue weighted by molar-refractivity contribution is -0.145. The van der Waals surface area contributed by atoms with Crippen molar-refractivity contribution in [2.45, 2.75) is 25.0 Å². The van der Waals surface area contributed by atoms with Gasteiger partial charge in [-0.1, -0.05) is 42.5 Å². The second-order valence-electron chi connectivity index (χ2n) is 6.82. The van der Waals surface area contributed by atoms with E-state index in [1.165, 1.54) is 0 Å². The van der Waals surface area contributed by atoms with E-state index in [1.54, 1.807) is 0 Å². The summed E-state index contributed by atoms with van der Waals surface area (Å²) in [5.74, 6) is -0.296. The third kappa shape index (κ3) is 2.40. The van der Waals surface area contributed by atoms with E-state index in [4.69, 9.17) is 4.74 Å². The summed E-state index contributed by atoms with van der Waals surface area (Å²) in [5, 5.41) is 12.4. The van der Waals surface area contributed by atoms with Crippen LogP contribution in [0.15, 0.2) is 42.5 Å². The number of carboxylic acid groups (broad SMARTS) is 1. The molecule has 120 valence electrons. The molecule has 2 bridgehead atoms. The topological polar surface area (TPSA) is 75.6 Å². The van der Waals surface area contributed by atoms with E-state index in [1.807, 2.05) is 42.5 Å². The monoisotopic (exact) mass is 313 g/mol.